The van der Waals surface area contributed by atoms with Gasteiger partial charge >= 0.3 is 0 Å². The summed E-state index contributed by atoms with van der Waals surface area (Å²) >= 11 is 0.798. The van der Waals surface area contributed by atoms with Crippen molar-refractivity contribution in [3.63, 3.8) is 0 Å². The number of carbonyl (C=O) groups excluding carboxylic acids is 17. The molecule has 4 fully saturated rings. The number of H-pyrrole nitrogens is 3. The van der Waals surface area contributed by atoms with E-state index in [0.29, 0.717) is 69.9 Å². The number of aromatic amines is 3. The number of aliphatic hydroxyl groups is 2. The number of ketones is 1. The number of fused-ring (bicyclic) bond motifs is 11. The maximum absolute atomic E-state index is 15.6. The largest absolute Gasteiger partial charge is 0.508 e. The second kappa shape index (κ2) is 46.3. The van der Waals surface area contributed by atoms with Gasteiger partial charge in [-0.3, -0.25) is 81.5 Å². The fourth-order valence-electron chi connectivity index (χ4n) is 16.5. The molecule has 41 heteroatoms. The van der Waals surface area contributed by atoms with Gasteiger partial charge in [-0.2, -0.15) is 0 Å². The number of para-hydroxylation sites is 2. The number of Topliss-reactive ketones (excluding diaryl/α,β-unsaturated/α-hetero) is 1. The molecule has 7 heterocycles. The number of benzene rings is 3. The Bertz CT molecular complexity index is 5050. The number of nitrogens with zero attached hydrogens (tertiary/aromatic N) is 6. The Morgan fingerprint density at radius 2 is 1.17 bits per heavy atom. The van der Waals surface area contributed by atoms with Crippen molar-refractivity contribution in [2.45, 2.75) is 221 Å². The maximum atomic E-state index is 15.6. The maximum Gasteiger partial charge on any atom is 0.245 e. The van der Waals surface area contributed by atoms with E-state index in [1.807, 2.05) is 13.8 Å². The lowest BCUT2D eigenvalue weighted by atomic mass is 9.90. The van der Waals surface area contributed by atoms with Crippen LogP contribution in [0.2, 0.25) is 0 Å². The average molecular weight is 1810 g/mol. The molecule has 6 aromatic rings. The van der Waals surface area contributed by atoms with Gasteiger partial charge in [0.1, 0.15) is 78.3 Å². The van der Waals surface area contributed by atoms with Crippen LogP contribution in [-0.2, 0) is 107 Å². The van der Waals surface area contributed by atoms with Crippen molar-refractivity contribution in [2.24, 2.45) is 11.7 Å². The van der Waals surface area contributed by atoms with Crippen molar-refractivity contribution >= 4 is 134 Å². The number of amides is 16. The summed E-state index contributed by atoms with van der Waals surface area (Å²) in [6.07, 6.45) is 3.36. The van der Waals surface area contributed by atoms with Crippen LogP contribution in [-0.4, -0.2) is 310 Å². The Hall–Kier alpha value is -12.8. The molecule has 0 radical (unpaired) electrons. The number of hydrogen-bond acceptors (Lipinski definition) is 22. The Balaban J connectivity index is 1.02. The molecule has 0 spiro atoms. The fourth-order valence-corrected chi connectivity index (χ4v) is 17.4. The summed E-state index contributed by atoms with van der Waals surface area (Å²) < 4.78 is 0. The standard InChI is InChI=1S/C88H118N20O20S/c1-8-10-21-68-82(122)96-48(3)76(116)103-67(79(119)94-42-73(89)113)45-129-46-75(115)97-64(33-50-24-26-55(110)27-25-50)84(124)104(5)49(4)77(117)98-62-30-31-91-74(114)29-28-61(99-80(120)63(37-54-41-90-47-95-54)100-83(123)69-23-16-32-107(69)86(62)126)87(127)108-43-56(111)38-71(108)72(112)36-51(34-52-39-92-59-19-14-12-17-57(52)59)78(118)102-66(44-109)81(121)101-65(35-53-40-93-60-20-15-13-18-58(53)60)85(125)106(7)70(22-11-9-2)88(128)105(68)6/h12-15,17-20,24-27,39-41,47-49,51,56,61-71,92-93,109-111H,8-11,16,21-23,28-38,42-46H2,1-7H3,(H2,89,113)(H,90,95)(H,91,114)(H,94,119)(H,96,122)(H,97,115)(H,98,117)(H,99,120)(H,100,123)(H,101,121)(H,102,118)(H,103,116)/t48-,49-,51+,56+,61-,62-,63-,64-,65-,66-,67-,68-,69-,70-,71-/m0/s1. The number of aromatic nitrogens is 4. The Labute approximate surface area is 749 Å². The quantitative estimate of drug-likeness (QED) is 0.0456. The number of thioether (sulfide) groups is 1. The molecule has 16 amide bonds. The van der Waals surface area contributed by atoms with Crippen LogP contribution in [0, 0.1) is 5.92 Å². The molecule has 129 heavy (non-hydrogen) atoms. The van der Waals surface area contributed by atoms with Gasteiger partial charge < -0.3 is 114 Å². The number of imidazole rings is 1. The third-order valence-corrected chi connectivity index (χ3v) is 25.1. The van der Waals surface area contributed by atoms with E-state index in [1.165, 1.54) is 81.6 Å². The molecular weight excluding hydrogens is 1690 g/mol. The van der Waals surface area contributed by atoms with E-state index in [4.69, 9.17) is 5.73 Å². The van der Waals surface area contributed by atoms with E-state index < -0.39 is 236 Å². The van der Waals surface area contributed by atoms with Gasteiger partial charge in [-0.15, -0.1) is 11.8 Å². The topological polar surface area (TPSA) is 574 Å². The number of nitrogens with one attached hydrogen (secondary N) is 13. The van der Waals surface area contributed by atoms with Crippen molar-refractivity contribution in [2.75, 3.05) is 65.4 Å². The lowest BCUT2D eigenvalue weighted by Gasteiger charge is -2.36. The normalized spacial score (nSPS) is 26.1. The smallest absolute Gasteiger partial charge is 0.245 e. The van der Waals surface area contributed by atoms with Crippen LogP contribution >= 0.6 is 11.8 Å². The fraction of sp³-hybridized carbons (Fsp3) is 0.523. The van der Waals surface area contributed by atoms with Gasteiger partial charge in [0.05, 0.1) is 37.4 Å². The number of unbranched alkanes of at least 4 members (excludes halogenated alkanes) is 2. The highest BCUT2D eigenvalue weighted by molar-refractivity contribution is 8.00. The van der Waals surface area contributed by atoms with Gasteiger partial charge in [-0.25, -0.2) is 4.98 Å². The molecule has 4 aliphatic rings. The summed E-state index contributed by atoms with van der Waals surface area (Å²) in [4.78, 5) is 269. The third-order valence-electron chi connectivity index (χ3n) is 24.1. The molecule has 18 N–H and O–H groups in total. The predicted molar refractivity (Wildman–Crippen MR) is 471 cm³/mol. The highest BCUT2D eigenvalue weighted by Crippen LogP contribution is 2.30. The molecule has 10 rings (SSSR count). The molecule has 4 saturated heterocycles. The Morgan fingerprint density at radius 1 is 0.574 bits per heavy atom. The minimum absolute atomic E-state index is 0.0251. The van der Waals surface area contributed by atoms with Crippen LogP contribution in [0.3, 0.4) is 0 Å². The minimum atomic E-state index is -1.85. The minimum Gasteiger partial charge on any atom is -0.508 e. The lowest BCUT2D eigenvalue weighted by molar-refractivity contribution is -0.149. The molecule has 4 aliphatic heterocycles. The number of aromatic hydroxyl groups is 1. The van der Waals surface area contributed by atoms with E-state index in [9.17, 15) is 58.5 Å². The van der Waals surface area contributed by atoms with Gasteiger partial charge in [0, 0.05) is 137 Å². The molecule has 696 valence electrons. The van der Waals surface area contributed by atoms with E-state index in [0.717, 1.165) is 26.5 Å². The number of phenols is 1. The van der Waals surface area contributed by atoms with Gasteiger partial charge in [-0.1, -0.05) is 88.1 Å². The first-order valence-electron chi connectivity index (χ1n) is 43.6. The number of nitrogens with two attached hydrogens (primary N) is 1. The van der Waals surface area contributed by atoms with E-state index in [2.05, 4.69) is 73.1 Å². The highest BCUT2D eigenvalue weighted by Gasteiger charge is 2.47. The highest BCUT2D eigenvalue weighted by atomic mass is 32.2. The van der Waals surface area contributed by atoms with Gasteiger partial charge in [0.2, 0.25) is 94.5 Å². The summed E-state index contributed by atoms with van der Waals surface area (Å²) in [6, 6.07) is 0.329. The van der Waals surface area contributed by atoms with Crippen molar-refractivity contribution in [1.29, 1.82) is 0 Å². The number of aliphatic hydroxyl groups excluding tert-OH is 2. The van der Waals surface area contributed by atoms with Crippen LogP contribution in [0.15, 0.2) is 97.7 Å². The molecule has 0 aliphatic carbocycles. The summed E-state index contributed by atoms with van der Waals surface area (Å²) in [5, 5.41) is 60.8. The average Bonchev–Trinajstić information content (AvgIpc) is 1.60. The van der Waals surface area contributed by atoms with Crippen LogP contribution in [0.4, 0.5) is 0 Å². The van der Waals surface area contributed by atoms with Crippen LogP contribution in [0.25, 0.3) is 21.8 Å². The van der Waals surface area contributed by atoms with Crippen LogP contribution < -0.4 is 58.9 Å². The molecule has 3 aromatic heterocycles. The first kappa shape index (κ1) is 98.4. The van der Waals surface area contributed by atoms with E-state index >= 15 is 38.4 Å². The molecule has 2 bridgehead atoms. The zero-order valence-electron chi connectivity index (χ0n) is 73.3. The molecule has 0 saturated carbocycles. The molecule has 40 nitrogen and oxygen atoms in total. The monoisotopic (exact) mass is 1810 g/mol. The Morgan fingerprint density at radius 3 is 1.82 bits per heavy atom. The molecule has 0 unspecified atom stereocenters. The van der Waals surface area contributed by atoms with E-state index in [-0.39, 0.29) is 88.8 Å². The zero-order chi connectivity index (χ0) is 93.4. The first-order chi connectivity index (χ1) is 61.7. The molecule has 15 atom stereocenters. The first-order valence-corrected chi connectivity index (χ1v) is 44.7. The number of hydrogen-bond donors (Lipinski definition) is 17. The van der Waals surface area contributed by atoms with Crippen molar-refractivity contribution < 1.29 is 96.8 Å². The molecule has 3 aromatic carbocycles. The second-order valence-corrected chi connectivity index (χ2v) is 34.4. The summed E-state index contributed by atoms with van der Waals surface area (Å²) in [5.41, 5.74) is 8.51. The number of likely N-dealkylation sites (N-methyl/N-ethyl adjacent to an activating group) is 3. The number of phenolic OH excluding ortho intramolecular Hbond substituents is 1. The van der Waals surface area contributed by atoms with Crippen molar-refractivity contribution in [1.82, 2.24) is 97.6 Å². The van der Waals surface area contributed by atoms with Crippen molar-refractivity contribution in [3.8, 4) is 5.75 Å². The zero-order valence-corrected chi connectivity index (χ0v) is 74.1. The second-order valence-electron chi connectivity index (χ2n) is 33.3. The number of rotatable bonds is 18. The van der Waals surface area contributed by atoms with Gasteiger partial charge in [-0.05, 0) is 99.7 Å². The lowest BCUT2D eigenvalue weighted by Crippen LogP contribution is -2.60. The summed E-state index contributed by atoms with van der Waals surface area (Å²) in [6.45, 7) is 3.73. The predicted octanol–water partition coefficient (Wildman–Crippen LogP) is -1.70. The SMILES string of the molecule is CCCC[C@H]1C(=O)N(C)[C@@H](CCCC)C(=O)N[C@@H](C)C(=O)N[C@H](C(=O)NCC(N)=O)CSCC(=O)N[C@@H](Cc2ccc(O)cc2)C(=O)N(C)[C@@H](C)C(=O)N[C@H]2CCNC(=O)CC[C@H](NC(=O)[C@H](Cc3cnc[nH]3)NC(=O)[C@@H]3CCCN3C2=O)C(=O)N2C[C@H](O)C[C@H]2C(=O)C[C@@H](Cc2c[nH]c3ccccc23)C(=O)N[C@@H](CO)C(=O)N[C@@H](Cc2c[nH]c3ccccc23)C(=O)N1C. The van der Waals surface area contributed by atoms with Crippen LogP contribution in [0.5, 0.6) is 5.75 Å². The number of carbonyl (C=O) groups is 17. The van der Waals surface area contributed by atoms with Gasteiger partial charge in [0.15, 0.2) is 5.78 Å². The third kappa shape index (κ3) is 26.0. The van der Waals surface area contributed by atoms with Crippen LogP contribution in [0.1, 0.15) is 134 Å². The number of primary amides is 1. The Kier molecular flexibility index (Phi) is 35.3. The summed E-state index contributed by atoms with van der Waals surface area (Å²) in [7, 11) is 3.99. The van der Waals surface area contributed by atoms with E-state index in [1.54, 1.807) is 60.9 Å². The molecular formula is C88H118N20O20S. The van der Waals surface area contributed by atoms with Crippen molar-refractivity contribution in [3.05, 3.63) is 120 Å². The van der Waals surface area contributed by atoms with Gasteiger partial charge in [0.25, 0.3) is 0 Å². The summed E-state index contributed by atoms with van der Waals surface area (Å²) in [5.74, 6) is -17.3.